The van der Waals surface area contributed by atoms with Crippen LogP contribution < -0.4 is 5.73 Å². The number of rotatable bonds is 3. The fourth-order valence-corrected chi connectivity index (χ4v) is 3.26. The largest absolute Gasteiger partial charge is 0.398 e. The van der Waals surface area contributed by atoms with E-state index in [1.54, 1.807) is 0 Å². The Hall–Kier alpha value is -0.830. The molecule has 1 saturated carbocycles. The third-order valence-corrected chi connectivity index (χ3v) is 4.50. The van der Waals surface area contributed by atoms with Crippen LogP contribution in [0.3, 0.4) is 0 Å². The van der Waals surface area contributed by atoms with Gasteiger partial charge in [0.2, 0.25) is 0 Å². The van der Waals surface area contributed by atoms with Crippen molar-refractivity contribution in [3.8, 4) is 0 Å². The minimum atomic E-state index is 0.173. The van der Waals surface area contributed by atoms with E-state index in [9.17, 15) is 4.79 Å². The molecule has 1 aliphatic rings. The molecule has 0 saturated heterocycles. The highest BCUT2D eigenvalue weighted by Gasteiger charge is 2.27. The lowest BCUT2D eigenvalue weighted by Crippen LogP contribution is -2.23. The molecule has 0 radical (unpaired) electrons. The van der Waals surface area contributed by atoms with E-state index in [0.717, 1.165) is 17.3 Å². The summed E-state index contributed by atoms with van der Waals surface area (Å²) in [5, 5.41) is 0. The van der Waals surface area contributed by atoms with Crippen molar-refractivity contribution in [3.63, 3.8) is 0 Å². The van der Waals surface area contributed by atoms with Gasteiger partial charge in [0, 0.05) is 21.6 Å². The van der Waals surface area contributed by atoms with Crippen molar-refractivity contribution in [2.75, 3.05) is 5.73 Å². The summed E-state index contributed by atoms with van der Waals surface area (Å²) in [6.45, 7) is 2.21. The van der Waals surface area contributed by atoms with Crippen molar-refractivity contribution in [1.29, 1.82) is 0 Å². The summed E-state index contributed by atoms with van der Waals surface area (Å²) in [5.74, 6) is 1.12. The number of ketones is 1. The second kappa shape index (κ2) is 5.87. The van der Waals surface area contributed by atoms with Crippen LogP contribution in [0.4, 0.5) is 5.69 Å². The lowest BCUT2D eigenvalue weighted by Gasteiger charge is -2.27. The number of Topliss-reactive ketones (excluding diaryl/α,β-unsaturated/α-hetero) is 1. The maximum absolute atomic E-state index is 12.5. The minimum Gasteiger partial charge on any atom is -0.398 e. The second-order valence-electron chi connectivity index (χ2n) is 5.23. The van der Waals surface area contributed by atoms with Gasteiger partial charge in [0.25, 0.3) is 0 Å². The molecule has 0 aromatic heterocycles. The van der Waals surface area contributed by atoms with Crippen LogP contribution in [0.2, 0.25) is 0 Å². The van der Waals surface area contributed by atoms with E-state index in [1.807, 2.05) is 18.2 Å². The van der Waals surface area contributed by atoms with E-state index in [4.69, 9.17) is 5.73 Å². The van der Waals surface area contributed by atoms with Gasteiger partial charge in [0.15, 0.2) is 5.78 Å². The van der Waals surface area contributed by atoms with E-state index in [2.05, 4.69) is 22.9 Å². The van der Waals surface area contributed by atoms with Crippen LogP contribution in [-0.4, -0.2) is 5.78 Å². The fraction of sp³-hybridized carbons (Fsp3) is 0.533. The lowest BCUT2D eigenvalue weighted by molar-refractivity contribution is 0.0863. The molecule has 2 rings (SSSR count). The molecule has 3 heteroatoms. The first-order valence-electron chi connectivity index (χ1n) is 6.71. The Kier molecular flexibility index (Phi) is 4.44. The molecule has 1 aliphatic carbocycles. The summed E-state index contributed by atoms with van der Waals surface area (Å²) in [6.07, 6.45) is 5.68. The Morgan fingerprint density at radius 1 is 1.44 bits per heavy atom. The van der Waals surface area contributed by atoms with Crippen molar-refractivity contribution in [2.45, 2.75) is 39.0 Å². The van der Waals surface area contributed by atoms with Gasteiger partial charge in [-0.2, -0.15) is 0 Å². The van der Waals surface area contributed by atoms with Gasteiger partial charge in [-0.05, 0) is 37.0 Å². The smallest absolute Gasteiger partial charge is 0.168 e. The molecule has 2 atom stereocenters. The molecule has 0 bridgehead atoms. The van der Waals surface area contributed by atoms with E-state index in [-0.39, 0.29) is 11.7 Å². The Morgan fingerprint density at radius 2 is 2.22 bits per heavy atom. The third kappa shape index (κ3) is 2.94. The molecule has 98 valence electrons. The van der Waals surface area contributed by atoms with Crippen LogP contribution in [0.25, 0.3) is 0 Å². The van der Waals surface area contributed by atoms with Crippen molar-refractivity contribution in [3.05, 3.63) is 28.2 Å². The molecule has 1 aromatic rings. The zero-order valence-corrected chi connectivity index (χ0v) is 12.4. The van der Waals surface area contributed by atoms with Crippen LogP contribution in [0.5, 0.6) is 0 Å². The molecule has 18 heavy (non-hydrogen) atoms. The number of benzene rings is 1. The highest BCUT2D eigenvalue weighted by atomic mass is 79.9. The summed E-state index contributed by atoms with van der Waals surface area (Å²) >= 11 is 3.37. The number of nitrogen functional groups attached to an aromatic ring is 1. The van der Waals surface area contributed by atoms with Gasteiger partial charge in [-0.15, -0.1) is 0 Å². The Balaban J connectivity index is 2.15. The average molecular weight is 310 g/mol. The zero-order chi connectivity index (χ0) is 13.1. The number of nitrogens with two attached hydrogens (primary N) is 1. The number of anilines is 1. The first-order chi connectivity index (χ1) is 8.61. The third-order valence-electron chi connectivity index (χ3n) is 4.01. The number of halogens is 1. The van der Waals surface area contributed by atoms with E-state index in [0.29, 0.717) is 17.2 Å². The summed E-state index contributed by atoms with van der Waals surface area (Å²) < 4.78 is 0.923. The van der Waals surface area contributed by atoms with Gasteiger partial charge in [-0.25, -0.2) is 0 Å². The zero-order valence-electron chi connectivity index (χ0n) is 10.8. The summed E-state index contributed by atoms with van der Waals surface area (Å²) in [4.78, 5) is 12.5. The van der Waals surface area contributed by atoms with Crippen molar-refractivity contribution < 1.29 is 4.79 Å². The quantitative estimate of drug-likeness (QED) is 0.663. The van der Waals surface area contributed by atoms with Crippen LogP contribution in [0.15, 0.2) is 22.7 Å². The maximum Gasteiger partial charge on any atom is 0.168 e. The van der Waals surface area contributed by atoms with Crippen LogP contribution >= 0.6 is 15.9 Å². The average Bonchev–Trinajstić information content (AvgIpc) is 2.38. The predicted molar refractivity (Wildman–Crippen MR) is 78.6 cm³/mol. The number of carbonyl (C=O) groups excluding carboxylic acids is 1. The summed E-state index contributed by atoms with van der Waals surface area (Å²) in [5.41, 5.74) is 7.23. The summed E-state index contributed by atoms with van der Waals surface area (Å²) in [7, 11) is 0. The SMILES string of the molecule is CCC1CCCC(C(=O)c2ccc(Br)cc2N)C1. The van der Waals surface area contributed by atoms with Gasteiger partial charge in [0.1, 0.15) is 0 Å². The molecule has 1 fully saturated rings. The topological polar surface area (TPSA) is 43.1 Å². The van der Waals surface area contributed by atoms with E-state index in [1.165, 1.54) is 19.3 Å². The highest BCUT2D eigenvalue weighted by Crippen LogP contribution is 2.34. The standard InChI is InChI=1S/C15H20BrNO/c1-2-10-4-3-5-11(8-10)15(18)13-7-6-12(16)9-14(13)17/h6-7,9-11H,2-5,8,17H2,1H3. The number of hydrogen-bond acceptors (Lipinski definition) is 2. The van der Waals surface area contributed by atoms with Crippen molar-refractivity contribution in [2.24, 2.45) is 11.8 Å². The van der Waals surface area contributed by atoms with E-state index >= 15 is 0 Å². The molecular weight excluding hydrogens is 290 g/mol. The number of carbonyl (C=O) groups is 1. The number of hydrogen-bond donors (Lipinski definition) is 1. The molecule has 0 aliphatic heterocycles. The molecule has 0 heterocycles. The minimum absolute atomic E-state index is 0.173. The summed E-state index contributed by atoms with van der Waals surface area (Å²) in [6, 6.07) is 5.55. The first kappa shape index (κ1) is 13.6. The molecule has 0 amide bonds. The molecule has 2 N–H and O–H groups in total. The molecular formula is C15H20BrNO. The maximum atomic E-state index is 12.5. The van der Waals surface area contributed by atoms with E-state index < -0.39 is 0 Å². The Morgan fingerprint density at radius 3 is 2.89 bits per heavy atom. The molecule has 2 nitrogen and oxygen atoms in total. The molecule has 2 unspecified atom stereocenters. The lowest BCUT2D eigenvalue weighted by atomic mass is 9.77. The van der Waals surface area contributed by atoms with Gasteiger partial charge in [0.05, 0.1) is 0 Å². The first-order valence-corrected chi connectivity index (χ1v) is 7.50. The normalized spacial score (nSPS) is 23.9. The Bertz CT molecular complexity index is 444. The highest BCUT2D eigenvalue weighted by molar-refractivity contribution is 9.10. The van der Waals surface area contributed by atoms with Gasteiger partial charge >= 0.3 is 0 Å². The fourth-order valence-electron chi connectivity index (χ4n) is 2.88. The van der Waals surface area contributed by atoms with Crippen molar-refractivity contribution in [1.82, 2.24) is 0 Å². The molecule has 1 aromatic carbocycles. The van der Waals surface area contributed by atoms with Gasteiger partial charge in [-0.3, -0.25) is 4.79 Å². The van der Waals surface area contributed by atoms with Gasteiger partial charge in [-0.1, -0.05) is 42.1 Å². The van der Waals surface area contributed by atoms with Gasteiger partial charge < -0.3 is 5.73 Å². The van der Waals surface area contributed by atoms with Crippen LogP contribution in [0, 0.1) is 11.8 Å². The van der Waals surface area contributed by atoms with Crippen LogP contribution in [-0.2, 0) is 0 Å². The van der Waals surface area contributed by atoms with Crippen molar-refractivity contribution >= 4 is 27.4 Å². The van der Waals surface area contributed by atoms with Crippen LogP contribution in [0.1, 0.15) is 49.4 Å². The predicted octanol–water partition coefficient (Wildman–Crippen LogP) is 4.43. The monoisotopic (exact) mass is 309 g/mol. The molecule has 0 spiro atoms. The second-order valence-corrected chi connectivity index (χ2v) is 6.15. The Labute approximate surface area is 117 Å².